The maximum atomic E-state index is 6.36. The van der Waals surface area contributed by atoms with Gasteiger partial charge in [0, 0.05) is 32.7 Å². The van der Waals surface area contributed by atoms with E-state index >= 15 is 0 Å². The molecule has 10 aromatic rings. The maximum Gasteiger partial charge on any atom is 0.127 e. The second kappa shape index (κ2) is 13.2. The van der Waals surface area contributed by atoms with Crippen LogP contribution in [0.2, 0.25) is 0 Å². The summed E-state index contributed by atoms with van der Waals surface area (Å²) in [5.41, 5.74) is 17.6. The minimum absolute atomic E-state index is 0.130. The average Bonchev–Trinajstić information content (AvgIpc) is 3.68. The first-order valence-electron chi connectivity index (χ1n) is 21.7. The molecule has 298 valence electrons. The van der Waals surface area contributed by atoms with E-state index in [-0.39, 0.29) is 10.8 Å². The minimum Gasteiger partial charge on any atom is -0.496 e. The van der Waals surface area contributed by atoms with E-state index in [1.165, 1.54) is 99.4 Å². The normalized spacial score (nSPS) is 14.2. The number of ether oxygens (including phenoxy) is 2. The third kappa shape index (κ3) is 4.87. The van der Waals surface area contributed by atoms with Crippen LogP contribution in [-0.2, 0) is 10.8 Å². The highest BCUT2D eigenvalue weighted by molar-refractivity contribution is 6.31. The fraction of sp³-hybridized carbons (Fsp3) is 0.133. The van der Waals surface area contributed by atoms with Gasteiger partial charge in [-0.1, -0.05) is 173 Å². The fourth-order valence-electron chi connectivity index (χ4n) is 11.6. The van der Waals surface area contributed by atoms with Gasteiger partial charge in [0.05, 0.1) is 14.2 Å². The molecule has 62 heavy (non-hydrogen) atoms. The molecule has 0 saturated carbocycles. The molecule has 2 aliphatic rings. The van der Waals surface area contributed by atoms with E-state index in [1.807, 2.05) is 0 Å². The van der Waals surface area contributed by atoms with Crippen LogP contribution in [0, 0.1) is 0 Å². The number of benzene rings is 10. The Kier molecular flexibility index (Phi) is 7.79. The van der Waals surface area contributed by atoms with Crippen molar-refractivity contribution in [3.63, 3.8) is 0 Å². The van der Waals surface area contributed by atoms with Crippen LogP contribution >= 0.6 is 0 Å². The van der Waals surface area contributed by atoms with E-state index in [1.54, 1.807) is 14.2 Å². The first-order valence-corrected chi connectivity index (χ1v) is 21.7. The van der Waals surface area contributed by atoms with Crippen LogP contribution < -0.4 is 9.47 Å². The average molecular weight is 799 g/mol. The molecule has 2 heteroatoms. The van der Waals surface area contributed by atoms with Crippen molar-refractivity contribution in [1.82, 2.24) is 0 Å². The van der Waals surface area contributed by atoms with Crippen LogP contribution in [-0.4, -0.2) is 14.2 Å². The summed E-state index contributed by atoms with van der Waals surface area (Å²) in [7, 11) is 3.60. The summed E-state index contributed by atoms with van der Waals surface area (Å²) in [5.74, 6) is 1.72. The summed E-state index contributed by atoms with van der Waals surface area (Å²) in [6, 6.07) is 63.1. The Balaban J connectivity index is 1.19. The number of hydrogen-bond donors (Lipinski definition) is 0. The van der Waals surface area contributed by atoms with Crippen LogP contribution in [0.4, 0.5) is 0 Å². The minimum atomic E-state index is -0.130. The van der Waals surface area contributed by atoms with Crippen LogP contribution in [0.5, 0.6) is 11.5 Å². The van der Waals surface area contributed by atoms with Gasteiger partial charge in [0.2, 0.25) is 0 Å². The number of rotatable bonds is 5. The molecule has 0 radical (unpaired) electrons. The lowest BCUT2D eigenvalue weighted by atomic mass is 9.78. The number of hydrogen-bond acceptors (Lipinski definition) is 2. The summed E-state index contributed by atoms with van der Waals surface area (Å²) < 4.78 is 12.7. The molecule has 0 heterocycles. The van der Waals surface area contributed by atoms with Crippen LogP contribution in [0.3, 0.4) is 0 Å². The van der Waals surface area contributed by atoms with Crippen molar-refractivity contribution in [3.05, 3.63) is 192 Å². The van der Waals surface area contributed by atoms with E-state index in [2.05, 4.69) is 198 Å². The van der Waals surface area contributed by atoms with Gasteiger partial charge in [0.25, 0.3) is 0 Å². The molecular formula is C60H46O2. The Morgan fingerprint density at radius 1 is 0.306 bits per heavy atom. The van der Waals surface area contributed by atoms with Crippen molar-refractivity contribution in [1.29, 1.82) is 0 Å². The Bertz CT molecular complexity index is 3310. The molecule has 12 rings (SSSR count). The first-order chi connectivity index (χ1) is 30.2. The van der Waals surface area contributed by atoms with Gasteiger partial charge in [0.1, 0.15) is 11.5 Å². The van der Waals surface area contributed by atoms with Gasteiger partial charge in [-0.2, -0.15) is 0 Å². The molecule has 0 aliphatic heterocycles. The third-order valence-corrected chi connectivity index (χ3v) is 14.5. The predicted molar refractivity (Wildman–Crippen MR) is 261 cm³/mol. The highest BCUT2D eigenvalue weighted by Crippen LogP contribution is 2.56. The summed E-state index contributed by atoms with van der Waals surface area (Å²) >= 11 is 0. The second-order valence-corrected chi connectivity index (χ2v) is 18.2. The molecule has 2 nitrogen and oxygen atoms in total. The van der Waals surface area contributed by atoms with Crippen molar-refractivity contribution in [2.24, 2.45) is 0 Å². The van der Waals surface area contributed by atoms with Gasteiger partial charge in [-0.3, -0.25) is 0 Å². The Hall–Kier alpha value is -7.16. The highest BCUT2D eigenvalue weighted by atomic mass is 16.5. The summed E-state index contributed by atoms with van der Waals surface area (Å²) in [6.45, 7) is 9.44. The standard InChI is InChI=1S/C60H46O2/c1-59(2)47-25-13-11-17-37(47)39-31-29-35(33-49(39)59)53-41-19-7-9-21-43(41)55(45-23-15-27-51(61-5)57(45)53)56-44-22-10-8-20-42(44)54(58-46(56)24-16-28-52(58)62-6)36-30-32-40-38-18-12-14-26-48(38)60(3,4)50(40)34-36/h7-34H,1-6H3. The highest BCUT2D eigenvalue weighted by Gasteiger charge is 2.37. The largest absolute Gasteiger partial charge is 0.496 e. The topological polar surface area (TPSA) is 18.5 Å². The Morgan fingerprint density at radius 3 is 1.05 bits per heavy atom. The molecule has 0 spiro atoms. The molecule has 0 bridgehead atoms. The van der Waals surface area contributed by atoms with Crippen LogP contribution in [0.15, 0.2) is 170 Å². The quantitative estimate of drug-likeness (QED) is 0.162. The molecule has 10 aromatic carbocycles. The summed E-state index contributed by atoms with van der Waals surface area (Å²) in [6.07, 6.45) is 0. The second-order valence-electron chi connectivity index (χ2n) is 18.2. The summed E-state index contributed by atoms with van der Waals surface area (Å²) in [4.78, 5) is 0. The molecule has 0 unspecified atom stereocenters. The first kappa shape index (κ1) is 36.7. The van der Waals surface area contributed by atoms with Crippen molar-refractivity contribution in [2.75, 3.05) is 14.2 Å². The molecule has 0 aromatic heterocycles. The Morgan fingerprint density at radius 2 is 0.645 bits per heavy atom. The molecule has 0 fully saturated rings. The monoisotopic (exact) mass is 798 g/mol. The maximum absolute atomic E-state index is 6.36. The van der Waals surface area contributed by atoms with E-state index < -0.39 is 0 Å². The predicted octanol–water partition coefficient (Wildman–Crippen LogP) is 15.9. The van der Waals surface area contributed by atoms with Gasteiger partial charge in [-0.15, -0.1) is 0 Å². The SMILES string of the molecule is COc1cccc2c(-c3c4ccccc4c(-c4ccc5c(c4)C(C)(C)c4ccccc4-5)c4c(OC)cccc34)c3ccccc3c(-c3ccc4c(c3)C(C)(C)c3ccccc3-4)c12. The van der Waals surface area contributed by atoms with Gasteiger partial charge in [-0.25, -0.2) is 0 Å². The van der Waals surface area contributed by atoms with E-state index in [0.29, 0.717) is 0 Å². The smallest absolute Gasteiger partial charge is 0.127 e. The molecule has 0 atom stereocenters. The van der Waals surface area contributed by atoms with Crippen molar-refractivity contribution in [3.8, 4) is 67.1 Å². The van der Waals surface area contributed by atoms with E-state index in [9.17, 15) is 0 Å². The van der Waals surface area contributed by atoms with Crippen LogP contribution in [0.1, 0.15) is 49.9 Å². The third-order valence-electron chi connectivity index (χ3n) is 14.5. The lowest BCUT2D eigenvalue weighted by Crippen LogP contribution is -2.14. The van der Waals surface area contributed by atoms with Crippen molar-refractivity contribution in [2.45, 2.75) is 38.5 Å². The molecule has 0 saturated heterocycles. The van der Waals surface area contributed by atoms with Crippen LogP contribution in [0.25, 0.3) is 98.7 Å². The molecule has 2 aliphatic carbocycles. The van der Waals surface area contributed by atoms with E-state index in [0.717, 1.165) is 33.0 Å². The zero-order valence-electron chi connectivity index (χ0n) is 36.0. The molecule has 0 N–H and O–H groups in total. The van der Waals surface area contributed by atoms with Crippen molar-refractivity contribution < 1.29 is 9.47 Å². The molecular weight excluding hydrogens is 753 g/mol. The number of methoxy groups -OCH3 is 2. The fourth-order valence-corrected chi connectivity index (χ4v) is 11.6. The lowest BCUT2D eigenvalue weighted by Gasteiger charge is -2.25. The lowest BCUT2D eigenvalue weighted by molar-refractivity contribution is 0.420. The van der Waals surface area contributed by atoms with Crippen molar-refractivity contribution >= 4 is 43.1 Å². The number of fused-ring (bicyclic) bond motifs is 10. The summed E-state index contributed by atoms with van der Waals surface area (Å²) in [5, 5.41) is 9.31. The Labute approximate surface area is 363 Å². The zero-order valence-corrected chi connectivity index (χ0v) is 36.0. The van der Waals surface area contributed by atoms with Gasteiger partial charge in [-0.05, 0) is 123 Å². The van der Waals surface area contributed by atoms with Gasteiger partial charge >= 0.3 is 0 Å². The van der Waals surface area contributed by atoms with E-state index in [4.69, 9.17) is 9.47 Å². The van der Waals surface area contributed by atoms with Gasteiger partial charge < -0.3 is 9.47 Å². The molecule has 0 amide bonds. The van der Waals surface area contributed by atoms with Gasteiger partial charge in [0.15, 0.2) is 0 Å². The zero-order chi connectivity index (χ0) is 42.1.